The lowest BCUT2D eigenvalue weighted by Gasteiger charge is -2.07. The number of halogens is 2. The first kappa shape index (κ1) is 12.3. The summed E-state index contributed by atoms with van der Waals surface area (Å²) in [4.78, 5) is 11.6. The van der Waals surface area contributed by atoms with Crippen molar-refractivity contribution in [3.63, 3.8) is 0 Å². The molecule has 4 nitrogen and oxygen atoms in total. The van der Waals surface area contributed by atoms with E-state index in [9.17, 15) is 13.6 Å². The fourth-order valence-electron chi connectivity index (χ4n) is 1.56. The number of alkyl halides is 2. The summed E-state index contributed by atoms with van der Waals surface area (Å²) in [6.07, 6.45) is 1.33. The molecule has 0 saturated heterocycles. The van der Waals surface area contributed by atoms with Crippen LogP contribution in [0.2, 0.25) is 0 Å². The molecule has 0 radical (unpaired) electrons. The van der Waals surface area contributed by atoms with E-state index in [0.29, 0.717) is 5.39 Å². The first-order valence-electron chi connectivity index (χ1n) is 5.25. The molecule has 1 heterocycles. The van der Waals surface area contributed by atoms with Gasteiger partial charge in [0.05, 0.1) is 18.4 Å². The summed E-state index contributed by atoms with van der Waals surface area (Å²) in [5, 5.41) is 0.496. The summed E-state index contributed by atoms with van der Waals surface area (Å²) in [5.74, 6) is -0.782. The fraction of sp³-hybridized carbons (Fsp3) is 0.250. The maximum Gasteiger partial charge on any atom is 0.387 e. The molecule has 0 atom stereocenters. The Balaban J connectivity index is 2.46. The van der Waals surface area contributed by atoms with Gasteiger partial charge in [-0.1, -0.05) is 0 Å². The van der Waals surface area contributed by atoms with Crippen LogP contribution >= 0.6 is 0 Å². The number of rotatable bonds is 4. The molecular formula is C12H10F2O4. The Bertz CT molecular complexity index is 562. The van der Waals surface area contributed by atoms with Crippen LogP contribution in [0.3, 0.4) is 0 Å². The Morgan fingerprint density at radius 3 is 2.89 bits per heavy atom. The summed E-state index contributed by atoms with van der Waals surface area (Å²) >= 11 is 0. The van der Waals surface area contributed by atoms with E-state index in [1.165, 1.54) is 18.4 Å². The third-order valence-corrected chi connectivity index (χ3v) is 2.24. The van der Waals surface area contributed by atoms with Gasteiger partial charge < -0.3 is 13.9 Å². The van der Waals surface area contributed by atoms with Crippen molar-refractivity contribution < 1.29 is 27.5 Å². The monoisotopic (exact) mass is 256 g/mol. The first-order valence-corrected chi connectivity index (χ1v) is 5.25. The highest BCUT2D eigenvalue weighted by atomic mass is 19.3. The van der Waals surface area contributed by atoms with Crippen molar-refractivity contribution in [1.82, 2.24) is 0 Å². The van der Waals surface area contributed by atoms with Crippen LogP contribution in [0.4, 0.5) is 8.78 Å². The van der Waals surface area contributed by atoms with Gasteiger partial charge >= 0.3 is 12.6 Å². The molecule has 0 amide bonds. The van der Waals surface area contributed by atoms with E-state index in [1.54, 1.807) is 13.0 Å². The van der Waals surface area contributed by atoms with E-state index in [0.717, 1.165) is 0 Å². The first-order chi connectivity index (χ1) is 8.61. The van der Waals surface area contributed by atoms with E-state index in [2.05, 4.69) is 4.74 Å². The molecule has 0 aliphatic rings. The molecule has 2 rings (SSSR count). The maximum atomic E-state index is 12.3. The molecule has 96 valence electrons. The molecule has 0 unspecified atom stereocenters. The van der Waals surface area contributed by atoms with Crippen molar-refractivity contribution in [1.29, 1.82) is 0 Å². The van der Waals surface area contributed by atoms with Gasteiger partial charge in [0, 0.05) is 5.39 Å². The van der Waals surface area contributed by atoms with Crippen molar-refractivity contribution in [3.8, 4) is 5.75 Å². The highest BCUT2D eigenvalue weighted by Crippen LogP contribution is 2.30. The van der Waals surface area contributed by atoms with Crippen molar-refractivity contribution in [2.24, 2.45) is 0 Å². The maximum absolute atomic E-state index is 12.3. The van der Waals surface area contributed by atoms with Crippen molar-refractivity contribution >= 4 is 16.9 Å². The SMILES string of the molecule is CCOC(=O)c1cc(OC(F)F)c2occc2c1. The Kier molecular flexibility index (Phi) is 3.45. The molecule has 0 saturated carbocycles. The van der Waals surface area contributed by atoms with Crippen LogP contribution in [0.15, 0.2) is 28.9 Å². The summed E-state index contributed by atoms with van der Waals surface area (Å²) in [6.45, 7) is -1.13. The predicted octanol–water partition coefficient (Wildman–Crippen LogP) is 3.21. The second-order valence-electron chi connectivity index (χ2n) is 3.41. The number of benzene rings is 1. The van der Waals surface area contributed by atoms with Gasteiger partial charge in [-0.25, -0.2) is 4.79 Å². The Morgan fingerprint density at radius 2 is 2.22 bits per heavy atom. The van der Waals surface area contributed by atoms with Gasteiger partial charge in [-0.2, -0.15) is 8.78 Å². The molecule has 0 fully saturated rings. The Hall–Kier alpha value is -2.11. The van der Waals surface area contributed by atoms with E-state index in [4.69, 9.17) is 9.15 Å². The van der Waals surface area contributed by atoms with Gasteiger partial charge in [0.2, 0.25) is 0 Å². The number of carbonyl (C=O) groups is 1. The fourth-order valence-corrected chi connectivity index (χ4v) is 1.56. The minimum atomic E-state index is -2.99. The molecular weight excluding hydrogens is 246 g/mol. The van der Waals surface area contributed by atoms with Crippen LogP contribution in [0.5, 0.6) is 5.75 Å². The average molecular weight is 256 g/mol. The zero-order chi connectivity index (χ0) is 13.1. The smallest absolute Gasteiger partial charge is 0.387 e. The van der Waals surface area contributed by atoms with Crippen LogP contribution in [0.1, 0.15) is 17.3 Å². The Morgan fingerprint density at radius 1 is 1.44 bits per heavy atom. The molecule has 0 N–H and O–H groups in total. The Labute approximate surface area is 101 Å². The largest absolute Gasteiger partial charge is 0.462 e. The van der Waals surface area contributed by atoms with Gasteiger partial charge in [0.1, 0.15) is 0 Å². The van der Waals surface area contributed by atoms with E-state index in [1.807, 2.05) is 0 Å². The lowest BCUT2D eigenvalue weighted by molar-refractivity contribution is -0.0494. The number of ether oxygens (including phenoxy) is 2. The molecule has 0 aliphatic heterocycles. The highest BCUT2D eigenvalue weighted by molar-refractivity contribution is 5.96. The quantitative estimate of drug-likeness (QED) is 0.788. The number of carbonyl (C=O) groups excluding carboxylic acids is 1. The predicted molar refractivity (Wildman–Crippen MR) is 58.8 cm³/mol. The standard InChI is InChI=1S/C12H10F2O4/c1-2-16-11(15)8-5-7-3-4-17-10(7)9(6-8)18-12(13)14/h3-6,12H,2H2,1H3. The lowest BCUT2D eigenvalue weighted by Crippen LogP contribution is -2.07. The summed E-state index contributed by atoms with van der Waals surface area (Å²) in [7, 11) is 0. The summed E-state index contributed by atoms with van der Waals surface area (Å²) < 4.78 is 38.7. The number of furan rings is 1. The zero-order valence-corrected chi connectivity index (χ0v) is 9.48. The van der Waals surface area contributed by atoms with Crippen molar-refractivity contribution in [3.05, 3.63) is 30.0 Å². The number of esters is 1. The van der Waals surface area contributed by atoms with Crippen LogP contribution in [0, 0.1) is 0 Å². The third-order valence-electron chi connectivity index (χ3n) is 2.24. The molecule has 1 aromatic carbocycles. The summed E-state index contributed by atoms with van der Waals surface area (Å²) in [5.41, 5.74) is 0.310. The second kappa shape index (κ2) is 5.03. The van der Waals surface area contributed by atoms with E-state index >= 15 is 0 Å². The van der Waals surface area contributed by atoms with Crippen LogP contribution in [0.25, 0.3) is 11.0 Å². The molecule has 18 heavy (non-hydrogen) atoms. The number of hydrogen-bond acceptors (Lipinski definition) is 4. The van der Waals surface area contributed by atoms with Gasteiger partial charge in [-0.05, 0) is 25.1 Å². The highest BCUT2D eigenvalue weighted by Gasteiger charge is 2.16. The molecule has 0 spiro atoms. The van der Waals surface area contributed by atoms with Gasteiger partial charge in [-0.3, -0.25) is 0 Å². The van der Waals surface area contributed by atoms with Gasteiger partial charge in [-0.15, -0.1) is 0 Å². The molecule has 6 heteroatoms. The van der Waals surface area contributed by atoms with E-state index in [-0.39, 0.29) is 23.5 Å². The van der Waals surface area contributed by atoms with Gasteiger partial charge in [0.25, 0.3) is 0 Å². The molecule has 1 aromatic heterocycles. The van der Waals surface area contributed by atoms with E-state index < -0.39 is 12.6 Å². The van der Waals surface area contributed by atoms with Crippen molar-refractivity contribution in [2.75, 3.05) is 6.61 Å². The number of fused-ring (bicyclic) bond motifs is 1. The van der Waals surface area contributed by atoms with Crippen LogP contribution < -0.4 is 4.74 Å². The normalized spacial score (nSPS) is 10.9. The topological polar surface area (TPSA) is 48.7 Å². The second-order valence-corrected chi connectivity index (χ2v) is 3.41. The minimum Gasteiger partial charge on any atom is -0.462 e. The van der Waals surface area contributed by atoms with Crippen LogP contribution in [-0.4, -0.2) is 19.2 Å². The summed E-state index contributed by atoms with van der Waals surface area (Å²) in [6, 6.07) is 4.22. The average Bonchev–Trinajstić information content (AvgIpc) is 2.76. The number of hydrogen-bond donors (Lipinski definition) is 0. The molecule has 0 aliphatic carbocycles. The van der Waals surface area contributed by atoms with Crippen molar-refractivity contribution in [2.45, 2.75) is 13.5 Å². The lowest BCUT2D eigenvalue weighted by atomic mass is 10.1. The zero-order valence-electron chi connectivity index (χ0n) is 9.48. The van der Waals surface area contributed by atoms with Gasteiger partial charge in [0.15, 0.2) is 11.3 Å². The third kappa shape index (κ3) is 2.42. The van der Waals surface area contributed by atoms with Crippen LogP contribution in [-0.2, 0) is 4.74 Å². The molecule has 2 aromatic rings. The molecule has 0 bridgehead atoms. The minimum absolute atomic E-state index is 0.140.